The molecule has 0 saturated carbocycles. The molecule has 0 aliphatic carbocycles. The Morgan fingerprint density at radius 1 is 1.19 bits per heavy atom. The lowest BCUT2D eigenvalue weighted by atomic mass is 9.96. The summed E-state index contributed by atoms with van der Waals surface area (Å²) in [6.07, 6.45) is 4.06. The van der Waals surface area contributed by atoms with Crippen molar-refractivity contribution in [3.8, 4) is 11.3 Å². The number of nitrogens with zero attached hydrogens (tertiary/aromatic N) is 1. The molecule has 1 aliphatic heterocycles. The Morgan fingerprint density at radius 2 is 2.11 bits per heavy atom. The van der Waals surface area contributed by atoms with Crippen LogP contribution >= 0.6 is 11.3 Å². The van der Waals surface area contributed by atoms with Gasteiger partial charge >= 0.3 is 0 Å². The van der Waals surface area contributed by atoms with Crippen molar-refractivity contribution in [2.75, 3.05) is 19.6 Å². The van der Waals surface area contributed by atoms with Gasteiger partial charge in [-0.3, -0.25) is 9.69 Å². The lowest BCUT2D eigenvalue weighted by Crippen LogP contribution is -2.40. The number of rotatable bonds is 6. The predicted molar refractivity (Wildman–Crippen MR) is 109 cm³/mol. The zero-order valence-electron chi connectivity index (χ0n) is 15.3. The van der Waals surface area contributed by atoms with Crippen molar-refractivity contribution in [1.29, 1.82) is 0 Å². The number of piperidine rings is 1. The van der Waals surface area contributed by atoms with E-state index in [1.807, 2.05) is 29.6 Å². The van der Waals surface area contributed by atoms with Gasteiger partial charge in [0.15, 0.2) is 0 Å². The number of hydrogen-bond acceptors (Lipinski definition) is 4. The van der Waals surface area contributed by atoms with E-state index in [1.165, 1.54) is 29.7 Å². The Balaban J connectivity index is 1.36. The van der Waals surface area contributed by atoms with Gasteiger partial charge in [0.25, 0.3) is 5.91 Å². The van der Waals surface area contributed by atoms with Crippen molar-refractivity contribution in [3.63, 3.8) is 0 Å². The largest absolute Gasteiger partial charge is 0.464 e. The topological polar surface area (TPSA) is 45.5 Å². The van der Waals surface area contributed by atoms with Crippen molar-refractivity contribution in [3.05, 3.63) is 70.6 Å². The highest BCUT2D eigenvalue weighted by Crippen LogP contribution is 2.26. The molecule has 1 saturated heterocycles. The summed E-state index contributed by atoms with van der Waals surface area (Å²) in [5.41, 5.74) is 2.45. The Bertz CT molecular complexity index is 858. The molecular formula is C22H24N2O2S. The summed E-state index contributed by atoms with van der Waals surface area (Å²) in [6.45, 7) is 3.76. The van der Waals surface area contributed by atoms with Gasteiger partial charge in [-0.1, -0.05) is 30.3 Å². The van der Waals surface area contributed by atoms with Gasteiger partial charge in [0.1, 0.15) is 5.76 Å². The van der Waals surface area contributed by atoms with Crippen molar-refractivity contribution < 1.29 is 9.21 Å². The minimum absolute atomic E-state index is 0.0466. The van der Waals surface area contributed by atoms with Gasteiger partial charge in [0.2, 0.25) is 0 Å². The molecule has 4 rings (SSSR count). The maximum Gasteiger partial charge on any atom is 0.261 e. The van der Waals surface area contributed by atoms with Crippen LogP contribution in [0.4, 0.5) is 0 Å². The molecule has 5 heteroatoms. The summed E-state index contributed by atoms with van der Waals surface area (Å²) in [7, 11) is 0. The Hall–Kier alpha value is -2.37. The highest BCUT2D eigenvalue weighted by molar-refractivity contribution is 7.12. The summed E-state index contributed by atoms with van der Waals surface area (Å²) >= 11 is 1.49. The maximum atomic E-state index is 12.2. The summed E-state index contributed by atoms with van der Waals surface area (Å²) in [5.74, 6) is 1.46. The summed E-state index contributed by atoms with van der Waals surface area (Å²) < 4.78 is 5.61. The Kier molecular flexibility index (Phi) is 5.70. The number of hydrogen-bond donors (Lipinski definition) is 1. The molecule has 1 atom stereocenters. The van der Waals surface area contributed by atoms with Gasteiger partial charge in [-0.15, -0.1) is 11.3 Å². The monoisotopic (exact) mass is 380 g/mol. The van der Waals surface area contributed by atoms with Crippen LogP contribution in [0.5, 0.6) is 0 Å². The SMILES string of the molecule is O=C(NCC1CCCN(Cc2ccccc2-c2ccco2)C1)c1cccs1. The van der Waals surface area contributed by atoms with Gasteiger partial charge in [-0.2, -0.15) is 0 Å². The van der Waals surface area contributed by atoms with E-state index in [4.69, 9.17) is 4.42 Å². The number of likely N-dealkylation sites (tertiary alicyclic amines) is 1. The fourth-order valence-electron chi connectivity index (χ4n) is 3.76. The van der Waals surface area contributed by atoms with Crippen molar-refractivity contribution in [1.82, 2.24) is 10.2 Å². The second-order valence-corrected chi connectivity index (χ2v) is 8.01. The van der Waals surface area contributed by atoms with Crippen LogP contribution in [0, 0.1) is 5.92 Å². The predicted octanol–water partition coefficient (Wildman–Crippen LogP) is 4.65. The molecule has 0 radical (unpaired) electrons. The van der Waals surface area contributed by atoms with Crippen molar-refractivity contribution >= 4 is 17.2 Å². The standard InChI is InChI=1S/C22H24N2O2S/c25-22(21-10-5-13-27-21)23-14-17-6-3-11-24(15-17)16-18-7-1-2-8-19(18)20-9-4-12-26-20/h1-2,4-5,7-10,12-13,17H,3,6,11,14-16H2,(H,23,25). The van der Waals surface area contributed by atoms with Gasteiger partial charge in [0.05, 0.1) is 11.1 Å². The van der Waals surface area contributed by atoms with E-state index >= 15 is 0 Å². The summed E-state index contributed by atoms with van der Waals surface area (Å²) in [6, 6.07) is 16.2. The zero-order chi connectivity index (χ0) is 18.5. The molecule has 0 bridgehead atoms. The Morgan fingerprint density at radius 3 is 2.93 bits per heavy atom. The highest BCUT2D eigenvalue weighted by Gasteiger charge is 2.22. The van der Waals surface area contributed by atoms with E-state index < -0.39 is 0 Å². The lowest BCUT2D eigenvalue weighted by Gasteiger charge is -2.33. The zero-order valence-corrected chi connectivity index (χ0v) is 16.1. The van der Waals surface area contributed by atoms with E-state index in [9.17, 15) is 4.79 Å². The first-order valence-corrected chi connectivity index (χ1v) is 10.3. The van der Waals surface area contributed by atoms with Crippen molar-refractivity contribution in [2.24, 2.45) is 5.92 Å². The lowest BCUT2D eigenvalue weighted by molar-refractivity contribution is 0.0934. The van der Waals surface area contributed by atoms with E-state index in [0.29, 0.717) is 5.92 Å². The number of carbonyl (C=O) groups is 1. The first-order valence-electron chi connectivity index (χ1n) is 9.45. The van der Waals surface area contributed by atoms with Crippen molar-refractivity contribution in [2.45, 2.75) is 19.4 Å². The normalized spacial score (nSPS) is 17.7. The third kappa shape index (κ3) is 4.49. The molecule has 1 unspecified atom stereocenters. The molecule has 1 amide bonds. The van der Waals surface area contributed by atoms with Gasteiger partial charge < -0.3 is 9.73 Å². The first-order chi connectivity index (χ1) is 13.3. The molecule has 1 aromatic carbocycles. The van der Waals surface area contributed by atoms with Gasteiger partial charge in [-0.25, -0.2) is 0 Å². The third-order valence-corrected chi connectivity index (χ3v) is 5.97. The molecule has 1 aliphatic rings. The molecule has 27 heavy (non-hydrogen) atoms. The number of nitrogens with one attached hydrogen (secondary N) is 1. The van der Waals surface area contributed by atoms with Crippen LogP contribution in [-0.2, 0) is 6.54 Å². The molecule has 1 N–H and O–H groups in total. The van der Waals surface area contributed by atoms with Gasteiger partial charge in [0, 0.05) is 25.2 Å². The molecular weight excluding hydrogens is 356 g/mol. The molecule has 3 aromatic rings. The van der Waals surface area contributed by atoms with E-state index in [2.05, 4.69) is 34.5 Å². The molecule has 0 spiro atoms. The third-order valence-electron chi connectivity index (χ3n) is 5.10. The molecule has 1 fully saturated rings. The molecule has 2 aromatic heterocycles. The first kappa shape index (κ1) is 18.0. The van der Waals surface area contributed by atoms with Crippen LogP contribution in [0.15, 0.2) is 64.6 Å². The second kappa shape index (κ2) is 8.55. The van der Waals surface area contributed by atoms with Crippen LogP contribution in [0.25, 0.3) is 11.3 Å². The van der Waals surface area contributed by atoms with E-state index in [0.717, 1.165) is 42.4 Å². The Labute approximate surface area is 163 Å². The fraction of sp³-hybridized carbons (Fsp3) is 0.318. The van der Waals surface area contributed by atoms with Crippen LogP contribution in [0.2, 0.25) is 0 Å². The summed E-state index contributed by atoms with van der Waals surface area (Å²) in [4.78, 5) is 15.5. The molecule has 3 heterocycles. The van der Waals surface area contributed by atoms with Gasteiger partial charge in [-0.05, 0) is 54.4 Å². The van der Waals surface area contributed by atoms with Crippen LogP contribution in [0.3, 0.4) is 0 Å². The fourth-order valence-corrected chi connectivity index (χ4v) is 4.40. The number of amides is 1. The van der Waals surface area contributed by atoms with E-state index in [-0.39, 0.29) is 5.91 Å². The average Bonchev–Trinajstić information content (AvgIpc) is 3.41. The van der Waals surface area contributed by atoms with E-state index in [1.54, 1.807) is 6.26 Å². The smallest absolute Gasteiger partial charge is 0.261 e. The maximum absolute atomic E-state index is 12.2. The minimum Gasteiger partial charge on any atom is -0.464 e. The second-order valence-electron chi connectivity index (χ2n) is 7.07. The van der Waals surface area contributed by atoms with Crippen LogP contribution in [-0.4, -0.2) is 30.4 Å². The number of carbonyl (C=O) groups excluding carboxylic acids is 1. The highest BCUT2D eigenvalue weighted by atomic mass is 32.1. The number of thiophene rings is 1. The summed E-state index contributed by atoms with van der Waals surface area (Å²) in [5, 5.41) is 5.04. The van der Waals surface area contributed by atoms with Crippen LogP contribution < -0.4 is 5.32 Å². The quantitative estimate of drug-likeness (QED) is 0.677. The molecule has 4 nitrogen and oxygen atoms in total. The van der Waals surface area contributed by atoms with Crippen LogP contribution in [0.1, 0.15) is 28.1 Å². The average molecular weight is 381 g/mol. The number of benzene rings is 1. The molecule has 140 valence electrons. The number of furan rings is 1. The minimum atomic E-state index is 0.0466.